The van der Waals surface area contributed by atoms with Crippen LogP contribution in [-0.2, 0) is 0 Å². The lowest BCUT2D eigenvalue weighted by Crippen LogP contribution is -2.25. The molecule has 0 saturated carbocycles. The molecule has 0 heterocycles. The van der Waals surface area contributed by atoms with Gasteiger partial charge in [-0.1, -0.05) is 27.7 Å². The van der Waals surface area contributed by atoms with E-state index in [1.165, 1.54) is 13.2 Å². The van der Waals surface area contributed by atoms with Crippen molar-refractivity contribution in [2.75, 3.05) is 24.7 Å². The summed E-state index contributed by atoms with van der Waals surface area (Å²) in [6.45, 7) is 9.34. The summed E-state index contributed by atoms with van der Waals surface area (Å²) in [6.07, 6.45) is 0. The van der Waals surface area contributed by atoms with E-state index in [-0.39, 0.29) is 11.2 Å². The molecular formula is C14H23FN2O. The van der Waals surface area contributed by atoms with Crippen LogP contribution in [0.25, 0.3) is 0 Å². The molecule has 1 aromatic carbocycles. The lowest BCUT2D eigenvalue weighted by molar-refractivity contribution is 0.274. The number of anilines is 2. The van der Waals surface area contributed by atoms with Crippen molar-refractivity contribution in [3.05, 3.63) is 17.9 Å². The van der Waals surface area contributed by atoms with E-state index in [2.05, 4.69) is 33.0 Å². The molecule has 18 heavy (non-hydrogen) atoms. The van der Waals surface area contributed by atoms with Gasteiger partial charge in [-0.3, -0.25) is 0 Å². The first-order chi connectivity index (χ1) is 8.25. The summed E-state index contributed by atoms with van der Waals surface area (Å²) in [5.41, 5.74) is 6.55. The highest BCUT2D eigenvalue weighted by Crippen LogP contribution is 2.30. The zero-order valence-electron chi connectivity index (χ0n) is 11.8. The van der Waals surface area contributed by atoms with E-state index in [4.69, 9.17) is 10.5 Å². The number of rotatable bonds is 4. The summed E-state index contributed by atoms with van der Waals surface area (Å²) in [4.78, 5) is 0. The van der Waals surface area contributed by atoms with E-state index in [1.54, 1.807) is 6.07 Å². The standard InChI is InChI=1S/C14H23FN2O/c1-9(14(2,3)4)8-17-12-7-13(18-5)11(16)6-10(12)15/h6-7,9,17H,8,16H2,1-5H3. The number of nitrogens with two attached hydrogens (primary N) is 1. The van der Waals surface area contributed by atoms with Gasteiger partial charge in [0.05, 0.1) is 18.5 Å². The Kier molecular flexibility index (Phi) is 4.43. The Balaban J connectivity index is 2.79. The first kappa shape index (κ1) is 14.6. The van der Waals surface area contributed by atoms with Crippen molar-refractivity contribution in [3.8, 4) is 5.75 Å². The second-order valence-corrected chi connectivity index (χ2v) is 5.72. The minimum atomic E-state index is -0.352. The lowest BCUT2D eigenvalue weighted by atomic mass is 9.82. The number of nitrogens with one attached hydrogen (secondary N) is 1. The van der Waals surface area contributed by atoms with Crippen molar-refractivity contribution < 1.29 is 9.13 Å². The molecule has 0 fully saturated rings. The maximum Gasteiger partial charge on any atom is 0.148 e. The lowest BCUT2D eigenvalue weighted by Gasteiger charge is -2.27. The highest BCUT2D eigenvalue weighted by Gasteiger charge is 2.20. The number of methoxy groups -OCH3 is 1. The van der Waals surface area contributed by atoms with Crippen LogP contribution in [0.1, 0.15) is 27.7 Å². The molecule has 1 atom stereocenters. The summed E-state index contributed by atoms with van der Waals surface area (Å²) >= 11 is 0. The molecule has 0 spiro atoms. The van der Waals surface area contributed by atoms with Crippen LogP contribution in [0, 0.1) is 17.2 Å². The first-order valence-electron chi connectivity index (χ1n) is 6.12. The molecule has 102 valence electrons. The van der Waals surface area contributed by atoms with Gasteiger partial charge in [-0.2, -0.15) is 0 Å². The van der Waals surface area contributed by atoms with Gasteiger partial charge in [0.15, 0.2) is 0 Å². The largest absolute Gasteiger partial charge is 0.495 e. The quantitative estimate of drug-likeness (QED) is 0.808. The third-order valence-electron chi connectivity index (χ3n) is 3.40. The monoisotopic (exact) mass is 254 g/mol. The Morgan fingerprint density at radius 2 is 2.00 bits per heavy atom. The molecule has 1 rings (SSSR count). The summed E-state index contributed by atoms with van der Waals surface area (Å²) in [7, 11) is 1.52. The van der Waals surface area contributed by atoms with Crippen molar-refractivity contribution in [1.82, 2.24) is 0 Å². The average Bonchev–Trinajstić information content (AvgIpc) is 2.26. The molecule has 0 aromatic heterocycles. The number of ether oxygens (including phenoxy) is 1. The van der Waals surface area contributed by atoms with Gasteiger partial charge in [-0.15, -0.1) is 0 Å². The number of hydrogen-bond donors (Lipinski definition) is 2. The molecule has 0 saturated heterocycles. The van der Waals surface area contributed by atoms with Crippen molar-refractivity contribution in [2.45, 2.75) is 27.7 Å². The zero-order chi connectivity index (χ0) is 13.9. The average molecular weight is 254 g/mol. The van der Waals surface area contributed by atoms with Gasteiger partial charge < -0.3 is 15.8 Å². The van der Waals surface area contributed by atoms with Crippen LogP contribution in [0.3, 0.4) is 0 Å². The normalized spacial score (nSPS) is 13.2. The second kappa shape index (κ2) is 5.46. The molecule has 4 heteroatoms. The molecule has 0 aliphatic heterocycles. The third kappa shape index (κ3) is 3.52. The molecule has 0 amide bonds. The van der Waals surface area contributed by atoms with E-state index in [0.717, 1.165) is 0 Å². The molecule has 1 unspecified atom stereocenters. The van der Waals surface area contributed by atoms with E-state index in [1.807, 2.05) is 0 Å². The van der Waals surface area contributed by atoms with Crippen molar-refractivity contribution in [3.63, 3.8) is 0 Å². The Labute approximate surface area is 109 Å². The SMILES string of the molecule is COc1cc(NCC(C)C(C)(C)C)c(F)cc1N. The van der Waals surface area contributed by atoms with Crippen LogP contribution in [0.4, 0.5) is 15.8 Å². The Morgan fingerprint density at radius 3 is 2.50 bits per heavy atom. The first-order valence-corrected chi connectivity index (χ1v) is 6.12. The van der Waals surface area contributed by atoms with Crippen LogP contribution in [0.15, 0.2) is 12.1 Å². The Bertz CT molecular complexity index is 413. The molecule has 0 radical (unpaired) electrons. The highest BCUT2D eigenvalue weighted by atomic mass is 19.1. The van der Waals surface area contributed by atoms with Gasteiger partial charge >= 0.3 is 0 Å². The molecule has 3 nitrogen and oxygen atoms in total. The highest BCUT2D eigenvalue weighted by molar-refractivity contribution is 5.62. The Hall–Kier alpha value is -1.45. The predicted octanol–water partition coefficient (Wildman–Crippen LogP) is 3.51. The van der Waals surface area contributed by atoms with Crippen LogP contribution < -0.4 is 15.8 Å². The minimum absolute atomic E-state index is 0.182. The van der Waals surface area contributed by atoms with Gasteiger partial charge in [0.1, 0.15) is 11.6 Å². The van der Waals surface area contributed by atoms with Crippen LogP contribution in [-0.4, -0.2) is 13.7 Å². The molecule has 3 N–H and O–H groups in total. The topological polar surface area (TPSA) is 47.3 Å². The van der Waals surface area contributed by atoms with E-state index >= 15 is 0 Å². The zero-order valence-corrected chi connectivity index (χ0v) is 11.8. The second-order valence-electron chi connectivity index (χ2n) is 5.72. The molecule has 0 aliphatic rings. The fraction of sp³-hybridized carbons (Fsp3) is 0.571. The number of nitrogen functional groups attached to an aromatic ring is 1. The van der Waals surface area contributed by atoms with Crippen molar-refractivity contribution in [2.24, 2.45) is 11.3 Å². The van der Waals surface area contributed by atoms with Gasteiger partial charge in [0, 0.05) is 18.7 Å². The van der Waals surface area contributed by atoms with Gasteiger partial charge in [0.25, 0.3) is 0 Å². The molecule has 0 bridgehead atoms. The maximum absolute atomic E-state index is 13.7. The smallest absolute Gasteiger partial charge is 0.148 e. The molecule has 1 aromatic rings. The van der Waals surface area contributed by atoms with E-state index in [9.17, 15) is 4.39 Å². The molecule has 0 aliphatic carbocycles. The molecular weight excluding hydrogens is 231 g/mol. The van der Waals surface area contributed by atoms with Crippen molar-refractivity contribution in [1.29, 1.82) is 0 Å². The van der Waals surface area contributed by atoms with E-state index in [0.29, 0.717) is 29.6 Å². The third-order valence-corrected chi connectivity index (χ3v) is 3.40. The van der Waals surface area contributed by atoms with Crippen LogP contribution in [0.2, 0.25) is 0 Å². The minimum Gasteiger partial charge on any atom is -0.495 e. The van der Waals surface area contributed by atoms with Gasteiger partial charge in [0.2, 0.25) is 0 Å². The number of benzene rings is 1. The fourth-order valence-corrected chi connectivity index (χ4v) is 1.45. The van der Waals surface area contributed by atoms with Crippen LogP contribution >= 0.6 is 0 Å². The van der Waals surface area contributed by atoms with Gasteiger partial charge in [-0.05, 0) is 11.3 Å². The number of hydrogen-bond acceptors (Lipinski definition) is 3. The van der Waals surface area contributed by atoms with E-state index < -0.39 is 0 Å². The summed E-state index contributed by atoms with van der Waals surface area (Å²) < 4.78 is 18.8. The van der Waals surface area contributed by atoms with Crippen LogP contribution in [0.5, 0.6) is 5.75 Å². The summed E-state index contributed by atoms with van der Waals surface area (Å²) in [6, 6.07) is 2.88. The Morgan fingerprint density at radius 1 is 1.39 bits per heavy atom. The maximum atomic E-state index is 13.7. The summed E-state index contributed by atoms with van der Waals surface area (Å²) in [5.74, 6) is 0.553. The fourth-order valence-electron chi connectivity index (χ4n) is 1.45. The number of halogens is 1. The predicted molar refractivity (Wildman–Crippen MR) is 74.5 cm³/mol. The van der Waals surface area contributed by atoms with Crippen molar-refractivity contribution >= 4 is 11.4 Å². The van der Waals surface area contributed by atoms with Gasteiger partial charge in [-0.25, -0.2) is 4.39 Å². The summed E-state index contributed by atoms with van der Waals surface area (Å²) in [5, 5.41) is 3.11.